The molecule has 2 fully saturated rings. The van der Waals surface area contributed by atoms with Crippen LogP contribution in [0.15, 0.2) is 18.2 Å². The number of hydrogen-bond donors (Lipinski definition) is 1. The molecule has 3 aliphatic heterocycles. The van der Waals surface area contributed by atoms with Crippen molar-refractivity contribution in [1.82, 2.24) is 15.1 Å². The van der Waals surface area contributed by atoms with E-state index in [0.29, 0.717) is 49.2 Å². The van der Waals surface area contributed by atoms with Crippen LogP contribution in [-0.4, -0.2) is 71.3 Å². The molecule has 3 heterocycles. The highest BCUT2D eigenvalue weighted by atomic mass is 16.5. The number of imide groups is 1. The van der Waals surface area contributed by atoms with Crippen LogP contribution in [-0.2, 0) is 9.53 Å². The number of piperidine rings is 1. The second kappa shape index (κ2) is 8.18. The number of likely N-dealkylation sites (tertiary alicyclic amines) is 1. The van der Waals surface area contributed by atoms with Gasteiger partial charge in [0.25, 0.3) is 17.7 Å². The van der Waals surface area contributed by atoms with E-state index in [2.05, 4.69) is 5.32 Å². The van der Waals surface area contributed by atoms with Crippen LogP contribution in [0.1, 0.15) is 70.6 Å². The van der Waals surface area contributed by atoms with Crippen molar-refractivity contribution in [1.29, 1.82) is 0 Å². The Hall–Kier alpha value is -2.74. The monoisotopic (exact) mass is 413 g/mol. The summed E-state index contributed by atoms with van der Waals surface area (Å²) in [4.78, 5) is 53.1. The Kier molecular flexibility index (Phi) is 5.60. The Labute approximate surface area is 175 Å². The molecule has 4 amide bonds. The van der Waals surface area contributed by atoms with Crippen molar-refractivity contribution in [3.63, 3.8) is 0 Å². The lowest BCUT2D eigenvalue weighted by molar-refractivity contribution is -0.131. The molecule has 1 aromatic carbocycles. The summed E-state index contributed by atoms with van der Waals surface area (Å²) in [7, 11) is 0. The maximum absolute atomic E-state index is 12.9. The summed E-state index contributed by atoms with van der Waals surface area (Å²) in [6, 6.07) is 4.51. The highest BCUT2D eigenvalue weighted by molar-refractivity contribution is 6.22. The summed E-state index contributed by atoms with van der Waals surface area (Å²) in [5, 5.41) is 3.03. The number of fused-ring (bicyclic) bond motifs is 1. The lowest BCUT2D eigenvalue weighted by atomic mass is 10.0. The van der Waals surface area contributed by atoms with Gasteiger partial charge in [0.2, 0.25) is 5.91 Å². The third kappa shape index (κ3) is 3.71. The topological polar surface area (TPSA) is 96.0 Å². The minimum absolute atomic E-state index is 0.0320. The van der Waals surface area contributed by atoms with Crippen molar-refractivity contribution in [2.75, 3.05) is 19.7 Å². The number of carbonyl (C=O) groups excluding carboxylic acids is 4. The fraction of sp³-hybridized carbons (Fsp3) is 0.545. The average Bonchev–Trinajstić information content (AvgIpc) is 3.35. The van der Waals surface area contributed by atoms with Gasteiger partial charge < -0.3 is 15.0 Å². The molecule has 1 N–H and O–H groups in total. The largest absolute Gasteiger partial charge is 0.368 e. The second-order valence-corrected chi connectivity index (χ2v) is 8.41. The van der Waals surface area contributed by atoms with Crippen LogP contribution in [0.5, 0.6) is 0 Å². The average molecular weight is 413 g/mol. The molecule has 2 saturated heterocycles. The molecule has 0 aromatic heterocycles. The number of nitrogens with zero attached hydrogens (tertiary/aromatic N) is 2. The number of nitrogens with one attached hydrogen (secondary N) is 1. The molecule has 0 bridgehead atoms. The molecular weight excluding hydrogens is 386 g/mol. The Morgan fingerprint density at radius 1 is 1.07 bits per heavy atom. The van der Waals surface area contributed by atoms with E-state index in [1.807, 2.05) is 0 Å². The van der Waals surface area contributed by atoms with Gasteiger partial charge in [0.05, 0.1) is 11.1 Å². The van der Waals surface area contributed by atoms with Crippen molar-refractivity contribution in [2.24, 2.45) is 0 Å². The zero-order chi connectivity index (χ0) is 21.4. The van der Waals surface area contributed by atoms with Crippen molar-refractivity contribution in [3.05, 3.63) is 34.9 Å². The summed E-state index contributed by atoms with van der Waals surface area (Å²) in [6.45, 7) is 5.26. The fourth-order valence-corrected chi connectivity index (χ4v) is 4.35. The van der Waals surface area contributed by atoms with E-state index in [0.717, 1.165) is 12.8 Å². The number of carbonyl (C=O) groups is 4. The Bertz CT molecular complexity index is 883. The maximum Gasteiger partial charge on any atom is 0.261 e. The molecule has 8 nitrogen and oxygen atoms in total. The maximum atomic E-state index is 12.9. The third-order valence-corrected chi connectivity index (χ3v) is 6.03. The van der Waals surface area contributed by atoms with E-state index >= 15 is 0 Å². The predicted molar refractivity (Wildman–Crippen MR) is 108 cm³/mol. The molecule has 8 heteroatoms. The highest BCUT2D eigenvalue weighted by Crippen LogP contribution is 2.26. The third-order valence-electron chi connectivity index (χ3n) is 6.03. The predicted octanol–water partition coefficient (Wildman–Crippen LogP) is 1.59. The van der Waals surface area contributed by atoms with Crippen molar-refractivity contribution >= 4 is 23.6 Å². The molecule has 160 valence electrons. The van der Waals surface area contributed by atoms with Crippen LogP contribution in [0.4, 0.5) is 0 Å². The second-order valence-electron chi connectivity index (χ2n) is 8.41. The van der Waals surface area contributed by atoms with Crippen molar-refractivity contribution in [2.45, 2.75) is 57.7 Å². The number of rotatable bonds is 4. The van der Waals surface area contributed by atoms with Gasteiger partial charge in [-0.1, -0.05) is 0 Å². The van der Waals surface area contributed by atoms with Gasteiger partial charge in [0.1, 0.15) is 6.10 Å². The van der Waals surface area contributed by atoms with Crippen LogP contribution in [0.25, 0.3) is 0 Å². The molecule has 3 aliphatic rings. The van der Waals surface area contributed by atoms with E-state index in [-0.39, 0.29) is 41.8 Å². The zero-order valence-electron chi connectivity index (χ0n) is 17.3. The van der Waals surface area contributed by atoms with Crippen LogP contribution >= 0.6 is 0 Å². The van der Waals surface area contributed by atoms with Gasteiger partial charge in [-0.15, -0.1) is 0 Å². The number of hydrogen-bond acceptors (Lipinski definition) is 5. The molecule has 1 atom stereocenters. The van der Waals surface area contributed by atoms with Gasteiger partial charge in [-0.05, 0) is 57.7 Å². The number of benzene rings is 1. The van der Waals surface area contributed by atoms with Gasteiger partial charge in [-0.25, -0.2) is 0 Å². The lowest BCUT2D eigenvalue weighted by Gasteiger charge is -2.33. The Morgan fingerprint density at radius 3 is 2.40 bits per heavy atom. The molecule has 0 saturated carbocycles. The first-order valence-corrected chi connectivity index (χ1v) is 10.6. The van der Waals surface area contributed by atoms with E-state index in [4.69, 9.17) is 4.74 Å². The molecule has 0 spiro atoms. The minimum atomic E-state index is -0.352. The molecule has 4 rings (SSSR count). The van der Waals surface area contributed by atoms with E-state index < -0.39 is 0 Å². The van der Waals surface area contributed by atoms with Gasteiger partial charge in [-0.3, -0.25) is 24.1 Å². The summed E-state index contributed by atoms with van der Waals surface area (Å²) in [5.41, 5.74) is 1.04. The first kappa shape index (κ1) is 20.5. The van der Waals surface area contributed by atoms with Crippen LogP contribution in [0.3, 0.4) is 0 Å². The summed E-state index contributed by atoms with van der Waals surface area (Å²) in [6.07, 6.45) is 2.68. The van der Waals surface area contributed by atoms with E-state index in [1.165, 1.54) is 11.0 Å². The fourth-order valence-electron chi connectivity index (χ4n) is 4.35. The summed E-state index contributed by atoms with van der Waals surface area (Å²) < 4.78 is 5.42. The van der Waals surface area contributed by atoms with Crippen LogP contribution in [0.2, 0.25) is 0 Å². The smallest absolute Gasteiger partial charge is 0.261 e. The van der Waals surface area contributed by atoms with Gasteiger partial charge in [-0.2, -0.15) is 0 Å². The molecule has 1 aromatic rings. The van der Waals surface area contributed by atoms with Crippen molar-refractivity contribution < 1.29 is 23.9 Å². The molecule has 30 heavy (non-hydrogen) atoms. The zero-order valence-corrected chi connectivity index (χ0v) is 17.3. The first-order valence-electron chi connectivity index (χ1n) is 10.6. The van der Waals surface area contributed by atoms with Crippen LogP contribution in [0, 0.1) is 0 Å². The number of ether oxygens (including phenoxy) is 1. The quantitative estimate of drug-likeness (QED) is 0.757. The summed E-state index contributed by atoms with van der Waals surface area (Å²) >= 11 is 0. The SMILES string of the molecule is CC(C)N1C(=O)c2ccc(C(=O)N3CCC(NC(=O)C4CCCO4)CC3)cc2C1=O. The van der Waals surface area contributed by atoms with Gasteiger partial charge >= 0.3 is 0 Å². The molecule has 0 radical (unpaired) electrons. The lowest BCUT2D eigenvalue weighted by Crippen LogP contribution is -2.48. The normalized spacial score (nSPS) is 22.0. The first-order chi connectivity index (χ1) is 14.4. The van der Waals surface area contributed by atoms with E-state index in [1.54, 1.807) is 30.9 Å². The molecule has 1 unspecified atom stereocenters. The standard InChI is InChI=1S/C22H27N3O5/c1-13(2)25-21(28)16-6-5-14(12-17(16)22(25)29)20(27)24-9-7-15(8-10-24)23-19(26)18-4-3-11-30-18/h5-6,12-13,15,18H,3-4,7-11H2,1-2H3,(H,23,26). The van der Waals surface area contributed by atoms with E-state index in [9.17, 15) is 19.2 Å². The van der Waals surface area contributed by atoms with Crippen LogP contribution < -0.4 is 5.32 Å². The van der Waals surface area contributed by atoms with Gasteiger partial charge in [0.15, 0.2) is 0 Å². The minimum Gasteiger partial charge on any atom is -0.368 e. The Morgan fingerprint density at radius 2 is 1.77 bits per heavy atom. The number of amides is 4. The molecule has 0 aliphatic carbocycles. The Balaban J connectivity index is 1.38. The summed E-state index contributed by atoms with van der Waals surface area (Å²) in [5.74, 6) is -0.888. The molecular formula is C22H27N3O5. The van der Waals surface area contributed by atoms with Crippen molar-refractivity contribution in [3.8, 4) is 0 Å². The highest BCUT2D eigenvalue weighted by Gasteiger charge is 2.38. The van der Waals surface area contributed by atoms with Gasteiger partial charge in [0, 0.05) is 37.3 Å².